The molecule has 0 fully saturated rings. The zero-order valence-corrected chi connectivity index (χ0v) is 20.3. The van der Waals surface area contributed by atoms with Gasteiger partial charge in [0.15, 0.2) is 0 Å². The molecule has 0 unspecified atom stereocenters. The van der Waals surface area contributed by atoms with Gasteiger partial charge in [0.05, 0.1) is 23.0 Å². The lowest BCUT2D eigenvalue weighted by Crippen LogP contribution is -2.49. The second-order valence-corrected chi connectivity index (χ2v) is 10.1. The molecule has 0 heterocycles. The zero-order chi connectivity index (χ0) is 25.3. The van der Waals surface area contributed by atoms with Crippen molar-refractivity contribution >= 4 is 21.9 Å². The predicted octanol–water partition coefficient (Wildman–Crippen LogP) is 3.35. The van der Waals surface area contributed by atoms with Crippen LogP contribution in [0, 0.1) is 16.0 Å². The van der Waals surface area contributed by atoms with Gasteiger partial charge in [-0.25, -0.2) is 13.2 Å². The van der Waals surface area contributed by atoms with Crippen molar-refractivity contribution in [2.75, 3.05) is 19.7 Å². The lowest BCUT2D eigenvalue weighted by atomic mass is 10.0. The average molecular weight is 494 g/mol. The van der Waals surface area contributed by atoms with Gasteiger partial charge in [-0.05, 0) is 37.0 Å². The van der Waals surface area contributed by atoms with Crippen LogP contribution in [-0.4, -0.2) is 55.6 Å². The van der Waals surface area contributed by atoms with E-state index in [0.717, 1.165) is 17.7 Å². The fourth-order valence-corrected chi connectivity index (χ4v) is 4.94. The predicted molar refractivity (Wildman–Crippen MR) is 127 cm³/mol. The van der Waals surface area contributed by atoms with Gasteiger partial charge < -0.3 is 15.2 Å². The number of nitro groups is 1. The van der Waals surface area contributed by atoms with Crippen molar-refractivity contribution in [3.8, 4) is 0 Å². The Bertz CT molecular complexity index is 1040. The second kappa shape index (κ2) is 12.4. The number of ether oxygens (including phenoxy) is 2. The van der Waals surface area contributed by atoms with Crippen molar-refractivity contribution < 1.29 is 27.6 Å². The third-order valence-corrected chi connectivity index (χ3v) is 6.79. The molecule has 0 saturated heterocycles. The summed E-state index contributed by atoms with van der Waals surface area (Å²) in [6.45, 7) is 5.35. The van der Waals surface area contributed by atoms with Crippen molar-refractivity contribution in [3.05, 3.63) is 70.3 Å². The molecule has 2 aromatic carbocycles. The van der Waals surface area contributed by atoms with E-state index in [1.54, 1.807) is 6.92 Å². The minimum atomic E-state index is -4.07. The molecule has 0 saturated carbocycles. The highest BCUT2D eigenvalue weighted by atomic mass is 32.2. The zero-order valence-electron chi connectivity index (χ0n) is 19.5. The number of nitrogens with two attached hydrogens (primary N) is 1. The summed E-state index contributed by atoms with van der Waals surface area (Å²) in [6, 6.07) is 13.2. The van der Waals surface area contributed by atoms with E-state index < -0.39 is 33.2 Å². The van der Waals surface area contributed by atoms with Gasteiger partial charge in [-0.15, -0.1) is 0 Å². The molecular weight excluding hydrogens is 462 g/mol. The minimum Gasteiger partial charge on any atom is -0.435 e. The first-order valence-electron chi connectivity index (χ1n) is 10.9. The second-order valence-electron chi connectivity index (χ2n) is 8.16. The maximum atomic E-state index is 13.4. The quantitative estimate of drug-likeness (QED) is 0.269. The molecule has 0 spiro atoms. The van der Waals surface area contributed by atoms with Gasteiger partial charge >= 0.3 is 6.16 Å². The number of benzene rings is 2. The van der Waals surface area contributed by atoms with Crippen LogP contribution >= 0.6 is 0 Å². The number of rotatable bonds is 12. The Hall–Kier alpha value is -3.02. The Labute approximate surface area is 199 Å². The van der Waals surface area contributed by atoms with Gasteiger partial charge in [-0.2, -0.15) is 4.31 Å². The molecule has 34 heavy (non-hydrogen) atoms. The topological polar surface area (TPSA) is 142 Å². The average Bonchev–Trinajstić information content (AvgIpc) is 2.78. The fourth-order valence-electron chi connectivity index (χ4n) is 3.32. The molecule has 0 bridgehead atoms. The molecular formula is C23H31N3O7S. The summed E-state index contributed by atoms with van der Waals surface area (Å²) in [5, 5.41) is 10.9. The van der Waals surface area contributed by atoms with Crippen LogP contribution in [0.2, 0.25) is 0 Å². The van der Waals surface area contributed by atoms with Gasteiger partial charge in [0.2, 0.25) is 10.0 Å². The van der Waals surface area contributed by atoms with E-state index in [1.165, 1.54) is 16.4 Å². The van der Waals surface area contributed by atoms with Crippen molar-refractivity contribution in [1.82, 2.24) is 4.31 Å². The summed E-state index contributed by atoms with van der Waals surface area (Å²) in [5.41, 5.74) is 7.06. The molecule has 186 valence electrons. The number of sulfonamides is 1. The third-order valence-electron chi connectivity index (χ3n) is 4.94. The molecule has 10 nitrogen and oxygen atoms in total. The fraction of sp³-hybridized carbons (Fsp3) is 0.435. The van der Waals surface area contributed by atoms with Crippen molar-refractivity contribution in [3.63, 3.8) is 0 Å². The van der Waals surface area contributed by atoms with Crippen LogP contribution in [0.3, 0.4) is 0 Å². The molecule has 0 aliphatic carbocycles. The van der Waals surface area contributed by atoms with E-state index in [-0.39, 0.29) is 36.2 Å². The van der Waals surface area contributed by atoms with Crippen molar-refractivity contribution in [2.24, 2.45) is 11.7 Å². The molecule has 2 atom stereocenters. The minimum absolute atomic E-state index is 0.0542. The van der Waals surface area contributed by atoms with Crippen LogP contribution in [0.1, 0.15) is 26.3 Å². The van der Waals surface area contributed by atoms with Crippen LogP contribution < -0.4 is 5.73 Å². The Morgan fingerprint density at radius 3 is 2.24 bits per heavy atom. The lowest BCUT2D eigenvalue weighted by Gasteiger charge is -2.31. The number of carbonyl (C=O) groups excluding carboxylic acids is 1. The molecule has 0 aromatic heterocycles. The maximum absolute atomic E-state index is 13.4. The van der Waals surface area contributed by atoms with Crippen LogP contribution in [0.5, 0.6) is 0 Å². The standard InChI is InChI=1S/C23H31N3O7S/c1-4-32-23(27)33-22(21(24)14-18-8-6-5-7-9-18)16-25(15-17(2)3)34(30,31)20-12-10-19(11-13-20)26(28)29/h5-13,17,21-22H,4,14-16,24H2,1-3H3/t21-,22+/m0/s1. The number of nitrogens with zero attached hydrogens (tertiary/aromatic N) is 2. The van der Waals surface area contributed by atoms with Crippen LogP contribution in [-0.2, 0) is 25.9 Å². The summed E-state index contributed by atoms with van der Waals surface area (Å²) in [4.78, 5) is 22.3. The summed E-state index contributed by atoms with van der Waals surface area (Å²) >= 11 is 0. The van der Waals surface area contributed by atoms with Crippen LogP contribution in [0.4, 0.5) is 10.5 Å². The van der Waals surface area contributed by atoms with Crippen LogP contribution in [0.25, 0.3) is 0 Å². The van der Waals surface area contributed by atoms with E-state index in [1.807, 2.05) is 44.2 Å². The molecule has 11 heteroatoms. The largest absolute Gasteiger partial charge is 0.508 e. The molecule has 2 rings (SSSR count). The first kappa shape index (κ1) is 27.2. The SMILES string of the molecule is CCOC(=O)O[C@H](CN(CC(C)C)S(=O)(=O)c1ccc([N+](=O)[O-])cc1)[C@@H](N)Cc1ccccc1. The van der Waals surface area contributed by atoms with Gasteiger partial charge in [0.1, 0.15) is 6.10 Å². The molecule has 2 N–H and O–H groups in total. The van der Waals surface area contributed by atoms with E-state index >= 15 is 0 Å². The molecule has 2 aromatic rings. The Balaban J connectivity index is 2.35. The molecule has 0 aliphatic heterocycles. The van der Waals surface area contributed by atoms with Crippen LogP contribution in [0.15, 0.2) is 59.5 Å². The van der Waals surface area contributed by atoms with Crippen molar-refractivity contribution in [1.29, 1.82) is 0 Å². The summed E-state index contributed by atoms with van der Waals surface area (Å²) in [7, 11) is -4.07. The number of carbonyl (C=O) groups is 1. The highest BCUT2D eigenvalue weighted by Crippen LogP contribution is 2.22. The molecule has 0 radical (unpaired) electrons. The number of nitro benzene ring substituents is 1. The van der Waals surface area contributed by atoms with E-state index in [4.69, 9.17) is 15.2 Å². The van der Waals surface area contributed by atoms with Crippen molar-refractivity contribution in [2.45, 2.75) is 44.2 Å². The first-order valence-corrected chi connectivity index (χ1v) is 12.4. The lowest BCUT2D eigenvalue weighted by molar-refractivity contribution is -0.384. The maximum Gasteiger partial charge on any atom is 0.508 e. The number of hydrogen-bond acceptors (Lipinski definition) is 8. The Morgan fingerprint density at radius 1 is 1.09 bits per heavy atom. The van der Waals surface area contributed by atoms with E-state index in [0.29, 0.717) is 6.42 Å². The number of hydrogen-bond donors (Lipinski definition) is 1. The van der Waals surface area contributed by atoms with Gasteiger partial charge in [0, 0.05) is 24.7 Å². The summed E-state index contributed by atoms with van der Waals surface area (Å²) in [6.07, 6.45) is -1.59. The highest BCUT2D eigenvalue weighted by Gasteiger charge is 2.33. The van der Waals surface area contributed by atoms with E-state index in [9.17, 15) is 23.3 Å². The van der Waals surface area contributed by atoms with Gasteiger partial charge in [0.25, 0.3) is 5.69 Å². The summed E-state index contributed by atoms with van der Waals surface area (Å²) < 4.78 is 38.4. The smallest absolute Gasteiger partial charge is 0.435 e. The third kappa shape index (κ3) is 7.79. The van der Waals surface area contributed by atoms with Gasteiger partial charge in [-0.3, -0.25) is 10.1 Å². The molecule has 0 aliphatic rings. The van der Waals surface area contributed by atoms with Gasteiger partial charge in [-0.1, -0.05) is 44.2 Å². The molecule has 0 amide bonds. The monoisotopic (exact) mass is 493 g/mol. The first-order chi connectivity index (χ1) is 16.0. The normalized spacial score (nSPS) is 13.5. The summed E-state index contributed by atoms with van der Waals surface area (Å²) in [5.74, 6) is -0.0542. The Morgan fingerprint density at radius 2 is 1.71 bits per heavy atom. The highest BCUT2D eigenvalue weighted by molar-refractivity contribution is 7.89. The van der Waals surface area contributed by atoms with E-state index in [2.05, 4.69) is 0 Å². The Kier molecular flexibility index (Phi) is 9.97. The number of non-ortho nitro benzene ring substituents is 1.